The van der Waals surface area contributed by atoms with Crippen LogP contribution < -0.4 is 5.32 Å². The number of carbonyl (C=O) groups excluding carboxylic acids is 2. The van der Waals surface area contributed by atoms with Gasteiger partial charge in [0.2, 0.25) is 11.8 Å². The number of hydrogen-bond acceptors (Lipinski definition) is 3. The quantitative estimate of drug-likeness (QED) is 0.646. The molecule has 2 atom stereocenters. The second-order valence-electron chi connectivity index (χ2n) is 9.92. The Morgan fingerprint density at radius 1 is 1.09 bits per heavy atom. The molecule has 0 radical (unpaired) electrons. The van der Waals surface area contributed by atoms with Gasteiger partial charge in [-0.25, -0.2) is 4.39 Å². The van der Waals surface area contributed by atoms with Crippen LogP contribution >= 0.6 is 0 Å². The number of amides is 2. The smallest absolute Gasteiger partial charge is 0.231 e. The molecular formula is C28H36FN3O2. The molecule has 1 aliphatic heterocycles. The average molecular weight is 466 g/mol. The molecule has 1 N–H and O–H groups in total. The van der Waals surface area contributed by atoms with Gasteiger partial charge in [-0.05, 0) is 56.9 Å². The second kappa shape index (κ2) is 10.7. The van der Waals surface area contributed by atoms with Gasteiger partial charge in [0.1, 0.15) is 5.82 Å². The molecule has 1 heterocycles. The zero-order valence-electron chi connectivity index (χ0n) is 20.5. The zero-order chi connectivity index (χ0) is 24.2. The molecule has 1 saturated carbocycles. The Bertz CT molecular complexity index is 1020. The van der Waals surface area contributed by atoms with Crippen LogP contribution in [0.25, 0.3) is 0 Å². The molecule has 0 aromatic heterocycles. The molecule has 1 saturated heterocycles. The number of hydrogen-bond donors (Lipinski definition) is 1. The van der Waals surface area contributed by atoms with Crippen LogP contribution in [0.15, 0.2) is 42.5 Å². The number of nitrogens with one attached hydrogen (secondary N) is 1. The number of rotatable bonds is 6. The largest absolute Gasteiger partial charge is 0.337 e. The highest BCUT2D eigenvalue weighted by Gasteiger charge is 2.33. The standard InChI is InChI=1S/C28H36FN3O2/c1-19-17-31(15-16-32(19)28(34)23-11-7-8-12-23)18-24-21(3)26(14-13-25(24)29)30-27(33)20(2)22-9-5-4-6-10-22/h4-6,9-10,13-14,19-20,23H,7-8,11-12,15-18H2,1-3H3,(H,30,33)/t19-,20+/m0/s1. The lowest BCUT2D eigenvalue weighted by Crippen LogP contribution is -2.54. The minimum atomic E-state index is -0.305. The fraction of sp³-hybridized carbons (Fsp3) is 0.500. The van der Waals surface area contributed by atoms with Crippen LogP contribution in [0.3, 0.4) is 0 Å². The van der Waals surface area contributed by atoms with E-state index in [1.165, 1.54) is 6.07 Å². The van der Waals surface area contributed by atoms with Crippen molar-refractivity contribution < 1.29 is 14.0 Å². The third kappa shape index (κ3) is 5.33. The maximum Gasteiger partial charge on any atom is 0.231 e. The molecule has 1 aliphatic carbocycles. The lowest BCUT2D eigenvalue weighted by atomic mass is 9.99. The molecule has 2 amide bonds. The Morgan fingerprint density at radius 3 is 2.47 bits per heavy atom. The van der Waals surface area contributed by atoms with Gasteiger partial charge in [-0.3, -0.25) is 14.5 Å². The summed E-state index contributed by atoms with van der Waals surface area (Å²) in [5, 5.41) is 3.00. The Labute approximate surface area is 202 Å². The van der Waals surface area contributed by atoms with E-state index in [0.717, 1.165) is 49.9 Å². The van der Waals surface area contributed by atoms with Gasteiger partial charge in [-0.15, -0.1) is 0 Å². The lowest BCUT2D eigenvalue weighted by molar-refractivity contribution is -0.140. The van der Waals surface area contributed by atoms with Crippen molar-refractivity contribution in [3.63, 3.8) is 0 Å². The Kier molecular flexibility index (Phi) is 7.67. The summed E-state index contributed by atoms with van der Waals surface area (Å²) in [7, 11) is 0. The maximum atomic E-state index is 14.8. The third-order valence-corrected chi connectivity index (χ3v) is 7.57. The second-order valence-corrected chi connectivity index (χ2v) is 9.92. The molecule has 0 unspecified atom stereocenters. The Hall–Kier alpha value is -2.73. The Balaban J connectivity index is 1.41. The normalized spacial score (nSPS) is 20.4. The summed E-state index contributed by atoms with van der Waals surface area (Å²) in [5.41, 5.74) is 2.95. The first-order valence-electron chi connectivity index (χ1n) is 12.5. The molecule has 2 fully saturated rings. The zero-order valence-corrected chi connectivity index (χ0v) is 20.5. The molecule has 2 aromatic carbocycles. The molecule has 6 heteroatoms. The maximum absolute atomic E-state index is 14.8. The van der Waals surface area contributed by atoms with Gasteiger partial charge >= 0.3 is 0 Å². The van der Waals surface area contributed by atoms with Gasteiger partial charge in [0.15, 0.2) is 0 Å². The predicted octanol–water partition coefficient (Wildman–Crippen LogP) is 5.10. The topological polar surface area (TPSA) is 52.7 Å². The summed E-state index contributed by atoms with van der Waals surface area (Å²) in [4.78, 5) is 30.0. The van der Waals surface area contributed by atoms with Crippen molar-refractivity contribution in [2.45, 2.75) is 65.0 Å². The molecule has 0 bridgehead atoms. The van der Waals surface area contributed by atoms with Crippen LogP contribution in [0.4, 0.5) is 10.1 Å². The van der Waals surface area contributed by atoms with Gasteiger partial charge in [-0.1, -0.05) is 43.2 Å². The summed E-state index contributed by atoms with van der Waals surface area (Å²) in [6, 6.07) is 12.8. The van der Waals surface area contributed by atoms with Crippen molar-refractivity contribution >= 4 is 17.5 Å². The van der Waals surface area contributed by atoms with E-state index >= 15 is 0 Å². The SMILES string of the molecule is Cc1c(NC(=O)[C@H](C)c2ccccc2)ccc(F)c1CN1CCN(C(=O)C2CCCC2)[C@@H](C)C1. The predicted molar refractivity (Wildman–Crippen MR) is 133 cm³/mol. The number of carbonyl (C=O) groups is 2. The van der Waals surface area contributed by atoms with Crippen LogP contribution in [0.1, 0.15) is 62.1 Å². The number of halogens is 1. The van der Waals surface area contributed by atoms with Crippen LogP contribution in [0.2, 0.25) is 0 Å². The highest BCUT2D eigenvalue weighted by Crippen LogP contribution is 2.29. The summed E-state index contributed by atoms with van der Waals surface area (Å²) in [5.74, 6) is -0.194. The molecule has 34 heavy (non-hydrogen) atoms. The minimum absolute atomic E-state index is 0.111. The molecule has 4 rings (SSSR count). The van der Waals surface area contributed by atoms with Crippen molar-refractivity contribution in [3.05, 3.63) is 65.0 Å². The van der Waals surface area contributed by atoms with Gasteiger partial charge in [0, 0.05) is 49.4 Å². The van der Waals surface area contributed by atoms with Crippen molar-refractivity contribution in [1.29, 1.82) is 0 Å². The van der Waals surface area contributed by atoms with E-state index in [2.05, 4.69) is 17.1 Å². The van der Waals surface area contributed by atoms with Crippen LogP contribution in [0.5, 0.6) is 0 Å². The monoisotopic (exact) mass is 465 g/mol. The van der Waals surface area contributed by atoms with Gasteiger partial charge in [-0.2, -0.15) is 0 Å². The first-order valence-corrected chi connectivity index (χ1v) is 12.5. The van der Waals surface area contributed by atoms with Crippen molar-refractivity contribution in [2.75, 3.05) is 25.0 Å². The first kappa shape index (κ1) is 24.4. The molecule has 2 aliphatic rings. The fourth-order valence-corrected chi connectivity index (χ4v) is 5.32. The van der Waals surface area contributed by atoms with Crippen molar-refractivity contribution in [2.24, 2.45) is 5.92 Å². The van der Waals surface area contributed by atoms with Gasteiger partial charge in [0.05, 0.1) is 5.92 Å². The summed E-state index contributed by atoms with van der Waals surface area (Å²) in [6.45, 7) is 8.42. The van der Waals surface area contributed by atoms with E-state index in [1.807, 2.05) is 49.1 Å². The number of anilines is 1. The minimum Gasteiger partial charge on any atom is -0.337 e. The molecule has 182 valence electrons. The van der Waals surface area contributed by atoms with Gasteiger partial charge in [0.25, 0.3) is 0 Å². The Morgan fingerprint density at radius 2 is 1.79 bits per heavy atom. The first-order chi connectivity index (χ1) is 16.3. The van der Waals surface area contributed by atoms with E-state index in [1.54, 1.807) is 6.07 Å². The third-order valence-electron chi connectivity index (χ3n) is 7.57. The van der Waals surface area contributed by atoms with E-state index < -0.39 is 0 Å². The van der Waals surface area contributed by atoms with E-state index in [0.29, 0.717) is 30.2 Å². The number of piperazine rings is 1. The van der Waals surface area contributed by atoms with E-state index in [9.17, 15) is 14.0 Å². The van der Waals surface area contributed by atoms with E-state index in [-0.39, 0.29) is 29.6 Å². The van der Waals surface area contributed by atoms with Gasteiger partial charge < -0.3 is 10.2 Å². The molecule has 0 spiro atoms. The van der Waals surface area contributed by atoms with Crippen LogP contribution in [0, 0.1) is 18.7 Å². The summed E-state index contributed by atoms with van der Waals surface area (Å²) in [6.07, 6.45) is 4.33. The van der Waals surface area contributed by atoms with Crippen molar-refractivity contribution in [1.82, 2.24) is 9.80 Å². The summed E-state index contributed by atoms with van der Waals surface area (Å²) < 4.78 is 14.8. The number of nitrogens with zero attached hydrogens (tertiary/aromatic N) is 2. The fourth-order valence-electron chi connectivity index (χ4n) is 5.32. The lowest BCUT2D eigenvalue weighted by Gasteiger charge is -2.41. The van der Waals surface area contributed by atoms with E-state index in [4.69, 9.17) is 0 Å². The number of benzene rings is 2. The van der Waals surface area contributed by atoms with Crippen molar-refractivity contribution in [3.8, 4) is 0 Å². The van der Waals surface area contributed by atoms with Crippen LogP contribution in [-0.2, 0) is 16.1 Å². The molecule has 2 aromatic rings. The highest BCUT2D eigenvalue weighted by atomic mass is 19.1. The average Bonchev–Trinajstić information content (AvgIpc) is 3.38. The molecular weight excluding hydrogens is 429 g/mol. The van der Waals surface area contributed by atoms with Crippen LogP contribution in [-0.4, -0.2) is 47.3 Å². The highest BCUT2D eigenvalue weighted by molar-refractivity contribution is 5.96. The molecule has 5 nitrogen and oxygen atoms in total. The summed E-state index contributed by atoms with van der Waals surface area (Å²) >= 11 is 0.